The summed E-state index contributed by atoms with van der Waals surface area (Å²) < 4.78 is 6.67. The summed E-state index contributed by atoms with van der Waals surface area (Å²) in [5.41, 5.74) is 1.26. The molecule has 1 aromatic carbocycles. The van der Waals surface area contributed by atoms with E-state index in [0.29, 0.717) is 17.3 Å². The van der Waals surface area contributed by atoms with Gasteiger partial charge in [-0.15, -0.1) is 0 Å². The molecule has 6 nitrogen and oxygen atoms in total. The Morgan fingerprint density at radius 1 is 1.30 bits per heavy atom. The number of hydrogen-bond acceptors (Lipinski definition) is 4. The molecule has 20 heavy (non-hydrogen) atoms. The highest BCUT2D eigenvalue weighted by atomic mass is 16.5. The Morgan fingerprint density at radius 2 is 2.10 bits per heavy atom. The summed E-state index contributed by atoms with van der Waals surface area (Å²) in [5.74, 6) is 0.685. The molecule has 100 valence electrons. The van der Waals surface area contributed by atoms with Gasteiger partial charge in [-0.3, -0.25) is 4.79 Å². The molecule has 0 radical (unpaired) electrons. The topological polar surface area (TPSA) is 73.0 Å². The second kappa shape index (κ2) is 5.00. The number of carbonyl (C=O) groups is 1. The van der Waals surface area contributed by atoms with Crippen molar-refractivity contribution in [1.82, 2.24) is 14.7 Å². The van der Waals surface area contributed by atoms with Gasteiger partial charge in [0.05, 0.1) is 0 Å². The minimum absolute atomic E-state index is 0.314. The lowest BCUT2D eigenvalue weighted by Gasteiger charge is -1.99. The third-order valence-corrected chi connectivity index (χ3v) is 2.74. The van der Waals surface area contributed by atoms with Gasteiger partial charge in [0, 0.05) is 18.0 Å². The Hall–Kier alpha value is -2.89. The fourth-order valence-corrected chi connectivity index (χ4v) is 1.79. The largest absolute Gasteiger partial charge is 0.360 e. The highest BCUT2D eigenvalue weighted by Gasteiger charge is 2.12. The zero-order chi connectivity index (χ0) is 13.9. The van der Waals surface area contributed by atoms with Crippen LogP contribution in [0.3, 0.4) is 0 Å². The summed E-state index contributed by atoms with van der Waals surface area (Å²) in [7, 11) is 0. The molecule has 0 fully saturated rings. The second-order valence-electron chi connectivity index (χ2n) is 4.28. The van der Waals surface area contributed by atoms with Crippen molar-refractivity contribution in [3.8, 4) is 5.69 Å². The van der Waals surface area contributed by atoms with E-state index >= 15 is 0 Å². The first kappa shape index (κ1) is 12.2. The molecule has 0 atom stereocenters. The molecular formula is C14H12N4O2. The van der Waals surface area contributed by atoms with Gasteiger partial charge in [0.15, 0.2) is 5.82 Å². The zero-order valence-electron chi connectivity index (χ0n) is 10.8. The molecule has 1 N–H and O–H groups in total. The van der Waals surface area contributed by atoms with Gasteiger partial charge < -0.3 is 14.4 Å². The number of nitrogens with one attached hydrogen (secondary N) is 1. The molecule has 6 heteroatoms. The maximum absolute atomic E-state index is 12.0. The van der Waals surface area contributed by atoms with E-state index in [0.717, 1.165) is 5.69 Å². The second-order valence-corrected chi connectivity index (χ2v) is 4.28. The molecule has 0 aliphatic rings. The summed E-state index contributed by atoms with van der Waals surface area (Å²) in [4.78, 5) is 16.1. The molecule has 0 aliphatic heterocycles. The third kappa shape index (κ3) is 2.44. The molecule has 1 amide bonds. The van der Waals surface area contributed by atoms with E-state index in [4.69, 9.17) is 4.52 Å². The van der Waals surface area contributed by atoms with Gasteiger partial charge in [0.25, 0.3) is 5.91 Å². The van der Waals surface area contributed by atoms with E-state index in [1.54, 1.807) is 30.1 Å². The van der Waals surface area contributed by atoms with Crippen molar-refractivity contribution in [2.75, 3.05) is 5.32 Å². The molecule has 0 aliphatic carbocycles. The highest BCUT2D eigenvalue weighted by molar-refractivity contribution is 6.02. The van der Waals surface area contributed by atoms with E-state index in [2.05, 4.69) is 15.5 Å². The molecule has 0 saturated carbocycles. The van der Waals surface area contributed by atoms with Crippen LogP contribution in [0.5, 0.6) is 0 Å². The Balaban J connectivity index is 1.78. The number of aryl methyl sites for hydroxylation is 1. The average Bonchev–Trinajstić information content (AvgIpc) is 3.09. The monoisotopic (exact) mass is 268 g/mol. The van der Waals surface area contributed by atoms with Gasteiger partial charge in [-0.05, 0) is 19.1 Å². The Labute approximate surface area is 115 Å². The van der Waals surface area contributed by atoms with Gasteiger partial charge in [-0.1, -0.05) is 23.4 Å². The molecule has 3 rings (SSSR count). The van der Waals surface area contributed by atoms with Crippen LogP contribution in [-0.4, -0.2) is 20.6 Å². The normalized spacial score (nSPS) is 10.4. The van der Waals surface area contributed by atoms with Crippen LogP contribution in [0, 0.1) is 6.92 Å². The van der Waals surface area contributed by atoms with Crippen LogP contribution in [0.1, 0.15) is 16.2 Å². The Kier molecular flexibility index (Phi) is 3.04. The number of amides is 1. The first-order chi connectivity index (χ1) is 9.72. The van der Waals surface area contributed by atoms with Gasteiger partial charge >= 0.3 is 0 Å². The number of benzene rings is 1. The zero-order valence-corrected chi connectivity index (χ0v) is 10.8. The van der Waals surface area contributed by atoms with Gasteiger partial charge in [0.1, 0.15) is 17.8 Å². The van der Waals surface area contributed by atoms with Crippen LogP contribution >= 0.6 is 0 Å². The van der Waals surface area contributed by atoms with Crippen molar-refractivity contribution in [2.24, 2.45) is 0 Å². The van der Waals surface area contributed by atoms with Crippen LogP contribution < -0.4 is 5.32 Å². The molecule has 0 unspecified atom stereocenters. The van der Waals surface area contributed by atoms with Crippen molar-refractivity contribution in [2.45, 2.75) is 6.92 Å². The van der Waals surface area contributed by atoms with Crippen LogP contribution in [0.15, 0.2) is 53.4 Å². The minimum atomic E-state index is -0.326. The maximum atomic E-state index is 12.0. The van der Waals surface area contributed by atoms with Crippen molar-refractivity contribution in [1.29, 1.82) is 0 Å². The lowest BCUT2D eigenvalue weighted by atomic mass is 10.3. The number of rotatable bonds is 3. The number of carbonyl (C=O) groups excluding carboxylic acids is 1. The van der Waals surface area contributed by atoms with Crippen LogP contribution in [0.25, 0.3) is 5.69 Å². The predicted molar refractivity (Wildman–Crippen MR) is 72.8 cm³/mol. The fraction of sp³-hybridized carbons (Fsp3) is 0.0714. The SMILES string of the molecule is Cc1cc(NC(=O)c2cn(-c3ccccc3)cn2)no1. The number of aromatic nitrogens is 3. The lowest BCUT2D eigenvalue weighted by molar-refractivity contribution is 0.102. The van der Waals surface area contributed by atoms with Gasteiger partial charge in [0.2, 0.25) is 0 Å². The molecule has 0 spiro atoms. The third-order valence-electron chi connectivity index (χ3n) is 2.74. The van der Waals surface area contributed by atoms with E-state index in [1.165, 1.54) is 0 Å². The van der Waals surface area contributed by atoms with E-state index in [9.17, 15) is 4.79 Å². The van der Waals surface area contributed by atoms with Crippen molar-refractivity contribution in [3.05, 3.63) is 60.4 Å². The molecule has 2 heterocycles. The maximum Gasteiger partial charge on any atom is 0.277 e. The van der Waals surface area contributed by atoms with Crippen molar-refractivity contribution < 1.29 is 9.32 Å². The summed E-state index contributed by atoms with van der Waals surface area (Å²) in [6.45, 7) is 1.76. The molecule has 2 aromatic heterocycles. The van der Waals surface area contributed by atoms with Gasteiger partial charge in [-0.2, -0.15) is 0 Å². The first-order valence-electron chi connectivity index (χ1n) is 6.06. The summed E-state index contributed by atoms with van der Waals surface area (Å²) in [6.07, 6.45) is 3.26. The number of para-hydroxylation sites is 1. The molecule has 0 saturated heterocycles. The fourth-order valence-electron chi connectivity index (χ4n) is 1.79. The Bertz CT molecular complexity index is 730. The predicted octanol–water partition coefficient (Wildman–Crippen LogP) is 2.42. The van der Waals surface area contributed by atoms with Crippen molar-refractivity contribution in [3.63, 3.8) is 0 Å². The number of hydrogen-bond donors (Lipinski definition) is 1. The summed E-state index contributed by atoms with van der Waals surface area (Å²) in [6, 6.07) is 11.3. The molecular weight excluding hydrogens is 256 g/mol. The highest BCUT2D eigenvalue weighted by Crippen LogP contribution is 2.11. The van der Waals surface area contributed by atoms with E-state index in [-0.39, 0.29) is 5.91 Å². The summed E-state index contributed by atoms with van der Waals surface area (Å²) in [5, 5.41) is 6.33. The summed E-state index contributed by atoms with van der Waals surface area (Å²) >= 11 is 0. The number of imidazole rings is 1. The minimum Gasteiger partial charge on any atom is -0.360 e. The average molecular weight is 268 g/mol. The first-order valence-corrected chi connectivity index (χ1v) is 6.06. The Morgan fingerprint density at radius 3 is 2.80 bits per heavy atom. The molecule has 0 bridgehead atoms. The smallest absolute Gasteiger partial charge is 0.277 e. The number of anilines is 1. The number of nitrogens with zero attached hydrogens (tertiary/aromatic N) is 3. The van der Waals surface area contributed by atoms with Gasteiger partial charge in [-0.25, -0.2) is 4.98 Å². The van der Waals surface area contributed by atoms with E-state index in [1.807, 2.05) is 30.3 Å². The van der Waals surface area contributed by atoms with Crippen LogP contribution in [-0.2, 0) is 0 Å². The standard InChI is InChI=1S/C14H12N4O2/c1-10-7-13(17-20-10)16-14(19)12-8-18(9-15-12)11-5-3-2-4-6-11/h2-9H,1H3,(H,16,17,19). The quantitative estimate of drug-likeness (QED) is 0.791. The van der Waals surface area contributed by atoms with E-state index < -0.39 is 0 Å². The van der Waals surface area contributed by atoms with Crippen molar-refractivity contribution >= 4 is 11.7 Å². The van der Waals surface area contributed by atoms with Crippen LogP contribution in [0.4, 0.5) is 5.82 Å². The van der Waals surface area contributed by atoms with Crippen LogP contribution in [0.2, 0.25) is 0 Å². The lowest BCUT2D eigenvalue weighted by Crippen LogP contribution is -2.12. The molecule has 3 aromatic rings.